The molecule has 2 rings (SSSR count). The Morgan fingerprint density at radius 2 is 2.00 bits per heavy atom. The molecule has 0 saturated heterocycles. The summed E-state index contributed by atoms with van der Waals surface area (Å²) in [5, 5.41) is 7.06. The Labute approximate surface area is 113 Å². The molecule has 0 radical (unpaired) electrons. The number of carbonyl (C=O) groups excluding carboxylic acids is 1. The van der Waals surface area contributed by atoms with Crippen LogP contribution < -0.4 is 5.32 Å². The standard InChI is InChI=1S/C15H19N3O/c1-10(2)12-7-5-6-8-14(12)17-15(19)13-9-16-18(4)11(13)3/h5-10H,1-4H3,(H,17,19). The number of hydrogen-bond acceptors (Lipinski definition) is 2. The molecule has 0 aliphatic rings. The van der Waals surface area contributed by atoms with E-state index >= 15 is 0 Å². The van der Waals surface area contributed by atoms with Crippen LogP contribution in [0, 0.1) is 6.92 Å². The molecule has 1 N–H and O–H groups in total. The second-order valence-electron chi connectivity index (χ2n) is 4.96. The normalized spacial score (nSPS) is 10.8. The maximum Gasteiger partial charge on any atom is 0.259 e. The van der Waals surface area contributed by atoms with E-state index in [2.05, 4.69) is 24.3 Å². The molecule has 4 heteroatoms. The van der Waals surface area contributed by atoms with Crippen molar-refractivity contribution in [2.75, 3.05) is 5.32 Å². The van der Waals surface area contributed by atoms with Crippen LogP contribution in [-0.2, 0) is 7.05 Å². The van der Waals surface area contributed by atoms with Crippen molar-refractivity contribution in [2.24, 2.45) is 7.05 Å². The smallest absolute Gasteiger partial charge is 0.259 e. The van der Waals surface area contributed by atoms with E-state index in [-0.39, 0.29) is 5.91 Å². The highest BCUT2D eigenvalue weighted by atomic mass is 16.1. The van der Waals surface area contributed by atoms with Gasteiger partial charge in [0.05, 0.1) is 11.8 Å². The Bertz CT molecular complexity index is 599. The zero-order valence-electron chi connectivity index (χ0n) is 11.8. The van der Waals surface area contributed by atoms with Gasteiger partial charge in [-0.25, -0.2) is 0 Å². The molecule has 0 bridgehead atoms. The lowest BCUT2D eigenvalue weighted by Gasteiger charge is -2.13. The Kier molecular flexibility index (Phi) is 3.69. The summed E-state index contributed by atoms with van der Waals surface area (Å²) in [6.45, 7) is 6.11. The summed E-state index contributed by atoms with van der Waals surface area (Å²) in [6, 6.07) is 7.88. The van der Waals surface area contributed by atoms with Crippen molar-refractivity contribution in [3.05, 3.63) is 47.3 Å². The molecule has 2 aromatic rings. The van der Waals surface area contributed by atoms with Gasteiger partial charge in [0.15, 0.2) is 0 Å². The second kappa shape index (κ2) is 5.26. The molecule has 0 unspecified atom stereocenters. The van der Waals surface area contributed by atoms with E-state index in [1.54, 1.807) is 10.9 Å². The van der Waals surface area contributed by atoms with Gasteiger partial charge in [0.1, 0.15) is 0 Å². The SMILES string of the molecule is Cc1c(C(=O)Nc2ccccc2C(C)C)cnn1C. The van der Waals surface area contributed by atoms with Crippen LogP contribution in [0.5, 0.6) is 0 Å². The van der Waals surface area contributed by atoms with Crippen LogP contribution in [0.3, 0.4) is 0 Å². The maximum absolute atomic E-state index is 12.3. The van der Waals surface area contributed by atoms with Gasteiger partial charge in [0.25, 0.3) is 5.91 Å². The molecule has 19 heavy (non-hydrogen) atoms. The summed E-state index contributed by atoms with van der Waals surface area (Å²) in [6.07, 6.45) is 1.60. The molecule has 0 saturated carbocycles. The van der Waals surface area contributed by atoms with Crippen molar-refractivity contribution in [2.45, 2.75) is 26.7 Å². The van der Waals surface area contributed by atoms with E-state index in [4.69, 9.17) is 0 Å². The number of nitrogens with one attached hydrogen (secondary N) is 1. The molecule has 0 atom stereocenters. The second-order valence-corrected chi connectivity index (χ2v) is 4.96. The minimum atomic E-state index is -0.112. The summed E-state index contributed by atoms with van der Waals surface area (Å²) in [7, 11) is 1.83. The Hall–Kier alpha value is -2.10. The molecule has 1 aromatic heterocycles. The van der Waals surface area contributed by atoms with Crippen molar-refractivity contribution in [3.8, 4) is 0 Å². The summed E-state index contributed by atoms with van der Waals surface area (Å²) < 4.78 is 1.70. The third kappa shape index (κ3) is 2.67. The van der Waals surface area contributed by atoms with Gasteiger partial charge in [-0.15, -0.1) is 0 Å². The Balaban J connectivity index is 2.27. The van der Waals surface area contributed by atoms with Crippen LogP contribution in [0.15, 0.2) is 30.5 Å². The number of carbonyl (C=O) groups is 1. The summed E-state index contributed by atoms with van der Waals surface area (Å²) in [4.78, 5) is 12.3. The average molecular weight is 257 g/mol. The number of hydrogen-bond donors (Lipinski definition) is 1. The number of amides is 1. The number of rotatable bonds is 3. The third-order valence-corrected chi connectivity index (χ3v) is 3.31. The molecule has 1 amide bonds. The number of benzene rings is 1. The van der Waals surface area contributed by atoms with E-state index < -0.39 is 0 Å². The quantitative estimate of drug-likeness (QED) is 0.918. The van der Waals surface area contributed by atoms with E-state index in [0.717, 1.165) is 16.9 Å². The summed E-state index contributed by atoms with van der Waals surface area (Å²) in [5.41, 5.74) is 3.48. The molecule has 0 fully saturated rings. The van der Waals surface area contributed by atoms with Gasteiger partial charge in [0.2, 0.25) is 0 Å². The van der Waals surface area contributed by atoms with Crippen LogP contribution in [0.1, 0.15) is 41.4 Å². The lowest BCUT2D eigenvalue weighted by Crippen LogP contribution is -2.14. The van der Waals surface area contributed by atoms with Gasteiger partial charge in [-0.2, -0.15) is 5.10 Å². The molecular formula is C15H19N3O. The predicted octanol–water partition coefficient (Wildman–Crippen LogP) is 3.10. The summed E-state index contributed by atoms with van der Waals surface area (Å²) >= 11 is 0. The highest BCUT2D eigenvalue weighted by Crippen LogP contribution is 2.24. The van der Waals surface area contributed by atoms with Gasteiger partial charge in [-0.1, -0.05) is 32.0 Å². The van der Waals surface area contributed by atoms with E-state index in [9.17, 15) is 4.79 Å². The largest absolute Gasteiger partial charge is 0.322 e. The van der Waals surface area contributed by atoms with Crippen molar-refractivity contribution in [1.82, 2.24) is 9.78 Å². The maximum atomic E-state index is 12.3. The molecule has 0 aliphatic heterocycles. The van der Waals surface area contributed by atoms with Crippen LogP contribution >= 0.6 is 0 Å². The number of aryl methyl sites for hydroxylation is 1. The van der Waals surface area contributed by atoms with Crippen molar-refractivity contribution in [1.29, 1.82) is 0 Å². The van der Waals surface area contributed by atoms with Crippen LogP contribution in [0.4, 0.5) is 5.69 Å². The van der Waals surface area contributed by atoms with E-state index in [1.807, 2.05) is 38.2 Å². The molecule has 0 spiro atoms. The van der Waals surface area contributed by atoms with Crippen molar-refractivity contribution >= 4 is 11.6 Å². The number of aromatic nitrogens is 2. The van der Waals surface area contributed by atoms with Gasteiger partial charge < -0.3 is 5.32 Å². The first-order chi connectivity index (χ1) is 9.00. The average Bonchev–Trinajstić information content (AvgIpc) is 2.70. The third-order valence-electron chi connectivity index (χ3n) is 3.31. The number of para-hydroxylation sites is 1. The number of anilines is 1. The number of nitrogens with zero attached hydrogens (tertiary/aromatic N) is 2. The molecule has 0 aliphatic carbocycles. The molecule has 100 valence electrons. The first kappa shape index (κ1) is 13.3. The molecule has 1 aromatic carbocycles. The highest BCUT2D eigenvalue weighted by Gasteiger charge is 2.15. The minimum absolute atomic E-state index is 0.112. The first-order valence-corrected chi connectivity index (χ1v) is 6.39. The zero-order chi connectivity index (χ0) is 14.0. The monoisotopic (exact) mass is 257 g/mol. The molecule has 1 heterocycles. The van der Waals surface area contributed by atoms with Gasteiger partial charge in [-0.3, -0.25) is 9.48 Å². The lowest BCUT2D eigenvalue weighted by atomic mass is 10.0. The first-order valence-electron chi connectivity index (χ1n) is 6.39. The van der Waals surface area contributed by atoms with E-state index in [1.165, 1.54) is 0 Å². The van der Waals surface area contributed by atoms with E-state index in [0.29, 0.717) is 11.5 Å². The lowest BCUT2D eigenvalue weighted by molar-refractivity contribution is 0.102. The van der Waals surface area contributed by atoms with Crippen molar-refractivity contribution in [3.63, 3.8) is 0 Å². The van der Waals surface area contributed by atoms with Crippen LogP contribution in [0.2, 0.25) is 0 Å². The predicted molar refractivity (Wildman–Crippen MR) is 76.4 cm³/mol. The molecular weight excluding hydrogens is 238 g/mol. The van der Waals surface area contributed by atoms with Gasteiger partial charge in [0, 0.05) is 18.4 Å². The molecule has 4 nitrogen and oxygen atoms in total. The Morgan fingerprint density at radius 1 is 1.32 bits per heavy atom. The zero-order valence-corrected chi connectivity index (χ0v) is 11.8. The minimum Gasteiger partial charge on any atom is -0.322 e. The summed E-state index contributed by atoms with van der Waals surface area (Å²) in [5.74, 6) is 0.255. The van der Waals surface area contributed by atoms with Crippen LogP contribution in [-0.4, -0.2) is 15.7 Å². The fraction of sp³-hybridized carbons (Fsp3) is 0.333. The highest BCUT2D eigenvalue weighted by molar-refractivity contribution is 6.05. The van der Waals surface area contributed by atoms with Gasteiger partial charge in [-0.05, 0) is 24.5 Å². The fourth-order valence-corrected chi connectivity index (χ4v) is 2.03. The van der Waals surface area contributed by atoms with Crippen molar-refractivity contribution < 1.29 is 4.79 Å². The van der Waals surface area contributed by atoms with Crippen LogP contribution in [0.25, 0.3) is 0 Å². The fourth-order valence-electron chi connectivity index (χ4n) is 2.03. The topological polar surface area (TPSA) is 46.9 Å². The van der Waals surface area contributed by atoms with Gasteiger partial charge >= 0.3 is 0 Å². The Morgan fingerprint density at radius 3 is 2.58 bits per heavy atom.